The molecule has 1 aliphatic rings. The number of aromatic nitrogens is 2. The number of rotatable bonds is 5. The summed E-state index contributed by atoms with van der Waals surface area (Å²) in [5.41, 5.74) is 1.35. The van der Waals surface area contributed by atoms with Crippen molar-refractivity contribution in [2.75, 3.05) is 13.2 Å². The third kappa shape index (κ3) is 4.25. The molecule has 1 aliphatic heterocycles. The van der Waals surface area contributed by atoms with Gasteiger partial charge in [0.05, 0.1) is 18.6 Å². The summed E-state index contributed by atoms with van der Waals surface area (Å²) >= 11 is 0. The van der Waals surface area contributed by atoms with Gasteiger partial charge in [0.25, 0.3) is 5.91 Å². The number of ether oxygens (including phenoxy) is 1. The van der Waals surface area contributed by atoms with E-state index in [-0.39, 0.29) is 24.3 Å². The first-order valence-electron chi connectivity index (χ1n) is 9.03. The Morgan fingerprint density at radius 2 is 1.88 bits per heavy atom. The zero-order valence-electron chi connectivity index (χ0n) is 14.9. The number of amides is 1. The molecule has 0 N–H and O–H groups in total. The summed E-state index contributed by atoms with van der Waals surface area (Å²) < 4.78 is 5.04. The van der Waals surface area contributed by atoms with Crippen LogP contribution in [0.1, 0.15) is 43.0 Å². The highest BCUT2D eigenvalue weighted by atomic mass is 16.5. The van der Waals surface area contributed by atoms with Gasteiger partial charge in [0.15, 0.2) is 5.82 Å². The molecule has 3 rings (SSSR count). The lowest BCUT2D eigenvalue weighted by Crippen LogP contribution is -2.45. The van der Waals surface area contributed by atoms with Gasteiger partial charge in [-0.15, -0.1) is 0 Å². The van der Waals surface area contributed by atoms with Crippen LogP contribution in [0.2, 0.25) is 0 Å². The van der Waals surface area contributed by atoms with Gasteiger partial charge in [-0.1, -0.05) is 30.3 Å². The second kappa shape index (κ2) is 8.56. The minimum Gasteiger partial charge on any atom is -0.466 e. The molecular weight excluding hydrogens is 330 g/mol. The summed E-state index contributed by atoms with van der Waals surface area (Å²) in [4.78, 5) is 35.1. The molecule has 0 bridgehead atoms. The SMILES string of the molecule is CCOC(=O)CC1CCCCN1C(=O)c1cnc(-c2ccccc2)nc1. The van der Waals surface area contributed by atoms with E-state index in [1.807, 2.05) is 30.3 Å². The maximum atomic E-state index is 12.9. The van der Waals surface area contributed by atoms with Gasteiger partial charge in [-0.2, -0.15) is 0 Å². The van der Waals surface area contributed by atoms with Gasteiger partial charge in [0, 0.05) is 30.5 Å². The second-order valence-corrected chi connectivity index (χ2v) is 6.32. The van der Waals surface area contributed by atoms with Crippen LogP contribution in [0.3, 0.4) is 0 Å². The smallest absolute Gasteiger partial charge is 0.307 e. The molecule has 6 heteroatoms. The maximum absolute atomic E-state index is 12.9. The van der Waals surface area contributed by atoms with Gasteiger partial charge in [0.1, 0.15) is 0 Å². The number of esters is 1. The highest BCUT2D eigenvalue weighted by molar-refractivity contribution is 5.94. The van der Waals surface area contributed by atoms with Crippen molar-refractivity contribution in [3.8, 4) is 11.4 Å². The molecule has 26 heavy (non-hydrogen) atoms. The van der Waals surface area contributed by atoms with Crippen molar-refractivity contribution >= 4 is 11.9 Å². The molecule has 2 aromatic rings. The topological polar surface area (TPSA) is 72.4 Å². The summed E-state index contributed by atoms with van der Waals surface area (Å²) in [6, 6.07) is 9.51. The van der Waals surface area contributed by atoms with Crippen LogP contribution < -0.4 is 0 Å². The fourth-order valence-corrected chi connectivity index (χ4v) is 3.23. The lowest BCUT2D eigenvalue weighted by Gasteiger charge is -2.35. The van der Waals surface area contributed by atoms with Crippen molar-refractivity contribution in [2.24, 2.45) is 0 Å². The molecule has 0 spiro atoms. The normalized spacial score (nSPS) is 17.0. The number of carbonyl (C=O) groups excluding carboxylic acids is 2. The number of piperidine rings is 1. The van der Waals surface area contributed by atoms with Crippen molar-refractivity contribution in [1.29, 1.82) is 0 Å². The van der Waals surface area contributed by atoms with E-state index in [9.17, 15) is 9.59 Å². The van der Waals surface area contributed by atoms with E-state index in [0.717, 1.165) is 24.8 Å². The number of benzene rings is 1. The predicted octanol–water partition coefficient (Wildman–Crippen LogP) is 3.09. The van der Waals surface area contributed by atoms with Gasteiger partial charge in [-0.3, -0.25) is 9.59 Å². The van der Waals surface area contributed by atoms with Gasteiger partial charge in [0.2, 0.25) is 0 Å². The Bertz CT molecular complexity index is 747. The van der Waals surface area contributed by atoms with Crippen molar-refractivity contribution in [2.45, 2.75) is 38.6 Å². The zero-order valence-corrected chi connectivity index (χ0v) is 14.9. The highest BCUT2D eigenvalue weighted by Crippen LogP contribution is 2.23. The maximum Gasteiger partial charge on any atom is 0.307 e. The minimum atomic E-state index is -0.257. The number of hydrogen-bond donors (Lipinski definition) is 0. The van der Waals surface area contributed by atoms with E-state index in [2.05, 4.69) is 9.97 Å². The molecule has 1 fully saturated rings. The highest BCUT2D eigenvalue weighted by Gasteiger charge is 2.30. The van der Waals surface area contributed by atoms with Gasteiger partial charge in [-0.05, 0) is 26.2 Å². The summed E-state index contributed by atoms with van der Waals surface area (Å²) in [6.45, 7) is 2.78. The second-order valence-electron chi connectivity index (χ2n) is 6.32. The van der Waals surface area contributed by atoms with Crippen LogP contribution in [0.25, 0.3) is 11.4 Å². The Labute approximate surface area is 153 Å². The van der Waals surface area contributed by atoms with E-state index in [1.54, 1.807) is 24.2 Å². The van der Waals surface area contributed by atoms with Crippen molar-refractivity contribution in [3.63, 3.8) is 0 Å². The summed E-state index contributed by atoms with van der Waals surface area (Å²) in [6.07, 6.45) is 6.13. The lowest BCUT2D eigenvalue weighted by molar-refractivity contribution is -0.144. The summed E-state index contributed by atoms with van der Waals surface area (Å²) in [7, 11) is 0. The van der Waals surface area contributed by atoms with Crippen LogP contribution in [0.15, 0.2) is 42.7 Å². The monoisotopic (exact) mass is 353 g/mol. The third-order valence-corrected chi connectivity index (χ3v) is 4.53. The first-order valence-corrected chi connectivity index (χ1v) is 9.03. The molecular formula is C20H23N3O3. The van der Waals surface area contributed by atoms with Crippen LogP contribution in [0.5, 0.6) is 0 Å². The number of hydrogen-bond acceptors (Lipinski definition) is 5. The average Bonchev–Trinajstić information content (AvgIpc) is 2.69. The molecule has 1 saturated heterocycles. The molecule has 0 radical (unpaired) electrons. The van der Waals surface area contributed by atoms with Gasteiger partial charge < -0.3 is 9.64 Å². The zero-order chi connectivity index (χ0) is 18.4. The Morgan fingerprint density at radius 3 is 2.58 bits per heavy atom. The molecule has 0 saturated carbocycles. The fraction of sp³-hybridized carbons (Fsp3) is 0.400. The first kappa shape index (κ1) is 18.0. The van der Waals surface area contributed by atoms with Gasteiger partial charge in [-0.25, -0.2) is 9.97 Å². The van der Waals surface area contributed by atoms with E-state index < -0.39 is 0 Å². The standard InChI is InChI=1S/C20H23N3O3/c1-2-26-18(24)12-17-10-6-7-11-23(17)20(25)16-13-21-19(22-14-16)15-8-4-3-5-9-15/h3-5,8-9,13-14,17H,2,6-7,10-12H2,1H3. The van der Waals surface area contributed by atoms with Crippen LogP contribution in [-0.2, 0) is 9.53 Å². The molecule has 1 atom stereocenters. The molecule has 0 aliphatic carbocycles. The van der Waals surface area contributed by atoms with Crippen molar-refractivity contribution in [3.05, 3.63) is 48.3 Å². The van der Waals surface area contributed by atoms with E-state index in [1.165, 1.54) is 0 Å². The van der Waals surface area contributed by atoms with Crippen LogP contribution in [0.4, 0.5) is 0 Å². The number of nitrogens with zero attached hydrogens (tertiary/aromatic N) is 3. The molecule has 1 aromatic carbocycles. The predicted molar refractivity (Wildman–Crippen MR) is 97.4 cm³/mol. The Hall–Kier alpha value is -2.76. The fourth-order valence-electron chi connectivity index (χ4n) is 3.23. The van der Waals surface area contributed by atoms with Gasteiger partial charge >= 0.3 is 5.97 Å². The number of carbonyl (C=O) groups is 2. The number of likely N-dealkylation sites (tertiary alicyclic amines) is 1. The van der Waals surface area contributed by atoms with Crippen molar-refractivity contribution < 1.29 is 14.3 Å². The molecule has 6 nitrogen and oxygen atoms in total. The Kier molecular flexibility index (Phi) is 5.94. The molecule has 136 valence electrons. The summed E-state index contributed by atoms with van der Waals surface area (Å²) in [5.74, 6) is 0.204. The largest absolute Gasteiger partial charge is 0.466 e. The lowest BCUT2D eigenvalue weighted by atomic mass is 9.98. The minimum absolute atomic E-state index is 0.121. The van der Waals surface area contributed by atoms with E-state index in [4.69, 9.17) is 4.74 Å². The Balaban J connectivity index is 1.73. The van der Waals surface area contributed by atoms with Crippen LogP contribution in [-0.4, -0.2) is 45.9 Å². The van der Waals surface area contributed by atoms with Crippen LogP contribution >= 0.6 is 0 Å². The summed E-state index contributed by atoms with van der Waals surface area (Å²) in [5, 5.41) is 0. The van der Waals surface area contributed by atoms with E-state index in [0.29, 0.717) is 24.5 Å². The van der Waals surface area contributed by atoms with E-state index >= 15 is 0 Å². The molecule has 1 unspecified atom stereocenters. The Morgan fingerprint density at radius 1 is 1.15 bits per heavy atom. The average molecular weight is 353 g/mol. The quantitative estimate of drug-likeness (QED) is 0.773. The van der Waals surface area contributed by atoms with Crippen LogP contribution in [0, 0.1) is 0 Å². The first-order chi connectivity index (χ1) is 12.7. The van der Waals surface area contributed by atoms with Crippen molar-refractivity contribution in [1.82, 2.24) is 14.9 Å². The molecule has 2 heterocycles. The third-order valence-electron chi connectivity index (χ3n) is 4.53. The molecule has 1 aromatic heterocycles. The molecule has 1 amide bonds.